The highest BCUT2D eigenvalue weighted by Gasteiger charge is 2.31. The zero-order valence-corrected chi connectivity index (χ0v) is 16.5. The molecule has 0 radical (unpaired) electrons. The summed E-state index contributed by atoms with van der Waals surface area (Å²) < 4.78 is 8.06. The quantitative estimate of drug-likeness (QED) is 0.701. The predicted octanol–water partition coefficient (Wildman–Crippen LogP) is 2.44. The van der Waals surface area contributed by atoms with Crippen LogP contribution in [0.15, 0.2) is 48.4 Å². The van der Waals surface area contributed by atoms with Crippen LogP contribution in [0.5, 0.6) is 11.5 Å². The molecule has 148 valence electrons. The number of allylic oxidation sites excluding steroid dienone is 1. The van der Waals surface area contributed by atoms with Crippen molar-refractivity contribution in [3.05, 3.63) is 65.0 Å². The van der Waals surface area contributed by atoms with Gasteiger partial charge in [0, 0.05) is 35.3 Å². The summed E-state index contributed by atoms with van der Waals surface area (Å²) in [6.07, 6.45) is 7.42. The van der Waals surface area contributed by atoms with Gasteiger partial charge in [0.05, 0.1) is 18.7 Å². The zero-order chi connectivity index (χ0) is 20.0. The van der Waals surface area contributed by atoms with Gasteiger partial charge in [-0.2, -0.15) is 0 Å². The number of aryl methyl sites for hydroxylation is 1. The molecule has 3 aromatic rings. The summed E-state index contributed by atoms with van der Waals surface area (Å²) in [6, 6.07) is 11.2. The number of piperidine rings is 1. The van der Waals surface area contributed by atoms with Crippen molar-refractivity contribution in [2.75, 3.05) is 13.1 Å². The molecular formula is C24H24N2O3. The van der Waals surface area contributed by atoms with Gasteiger partial charge in [0.1, 0.15) is 12.3 Å². The summed E-state index contributed by atoms with van der Waals surface area (Å²) in [5, 5.41) is 13.6. The van der Waals surface area contributed by atoms with Crippen molar-refractivity contribution in [3.63, 3.8) is 0 Å². The van der Waals surface area contributed by atoms with E-state index in [0.29, 0.717) is 23.4 Å². The number of fused-ring (bicyclic) bond motifs is 2. The Balaban J connectivity index is 1.52. The summed E-state index contributed by atoms with van der Waals surface area (Å²) in [7, 11) is 1.99. The number of ketones is 1. The Labute approximate surface area is 169 Å². The first-order valence-corrected chi connectivity index (χ1v) is 10.3. The fraction of sp³-hybridized carbons (Fsp3) is 0.292. The predicted molar refractivity (Wildman–Crippen MR) is 110 cm³/mol. The van der Waals surface area contributed by atoms with Crippen LogP contribution in [-0.4, -0.2) is 23.4 Å². The van der Waals surface area contributed by atoms with Gasteiger partial charge in [0.25, 0.3) is 0 Å². The number of nitrogens with zero attached hydrogens (tertiary/aromatic N) is 1. The van der Waals surface area contributed by atoms with Gasteiger partial charge in [0.15, 0.2) is 5.76 Å². The molecule has 29 heavy (non-hydrogen) atoms. The maximum absolute atomic E-state index is 13.0. The van der Waals surface area contributed by atoms with Crippen molar-refractivity contribution >= 4 is 22.8 Å². The number of aromatic nitrogens is 1. The standard InChI is InChI=1S/C24H24N2O3/c1-25-14-16(17-7-3-4-8-20(17)25)13-22-23(28)18-9-10-21(27)19(24(18)29-22)15-26-11-5-2-6-12-26/h3-4,7-10,13-14,27H,2,5-6,11-12,15H2,1H3/b22-13+. The van der Waals surface area contributed by atoms with Crippen LogP contribution < -0.4 is 14.7 Å². The Morgan fingerprint density at radius 3 is 2.76 bits per heavy atom. The van der Waals surface area contributed by atoms with E-state index >= 15 is 0 Å². The highest BCUT2D eigenvalue weighted by atomic mass is 16.5. The Morgan fingerprint density at radius 2 is 1.93 bits per heavy atom. The lowest BCUT2D eigenvalue weighted by Gasteiger charge is -2.26. The van der Waals surface area contributed by atoms with Gasteiger partial charge in [-0.05, 0) is 37.5 Å². The smallest absolute Gasteiger partial charge is 0.231 e. The van der Waals surface area contributed by atoms with E-state index < -0.39 is 0 Å². The summed E-state index contributed by atoms with van der Waals surface area (Å²) in [5.41, 5.74) is 3.17. The number of hydrogen-bond donors (Lipinski definition) is 1. The molecule has 0 saturated carbocycles. The molecule has 5 heteroatoms. The van der Waals surface area contributed by atoms with E-state index in [9.17, 15) is 9.90 Å². The van der Waals surface area contributed by atoms with Crippen molar-refractivity contribution in [3.8, 4) is 11.5 Å². The van der Waals surface area contributed by atoms with E-state index in [2.05, 4.69) is 0 Å². The molecular weight excluding hydrogens is 364 g/mol. The third-order valence-electron chi connectivity index (χ3n) is 6.10. The number of benzene rings is 2. The Bertz CT molecular complexity index is 1140. The van der Waals surface area contributed by atoms with Gasteiger partial charge < -0.3 is 19.3 Å². The number of ether oxygens (including phenoxy) is 1. The molecule has 3 heterocycles. The van der Waals surface area contributed by atoms with Crippen LogP contribution in [0.1, 0.15) is 40.7 Å². The molecule has 0 unspecified atom stereocenters. The lowest BCUT2D eigenvalue weighted by Crippen LogP contribution is -3.11. The molecule has 0 amide bonds. The van der Waals surface area contributed by atoms with Crippen LogP contribution in [0.4, 0.5) is 0 Å². The van der Waals surface area contributed by atoms with Gasteiger partial charge in [0.2, 0.25) is 5.78 Å². The van der Waals surface area contributed by atoms with Gasteiger partial charge in [-0.1, -0.05) is 30.0 Å². The lowest BCUT2D eigenvalue weighted by atomic mass is 10.0. The van der Waals surface area contributed by atoms with Crippen LogP contribution >= 0.6 is 0 Å². The fourth-order valence-electron chi connectivity index (χ4n) is 4.56. The highest BCUT2D eigenvalue weighted by Crippen LogP contribution is 2.38. The van der Waals surface area contributed by atoms with E-state index in [1.807, 2.05) is 42.1 Å². The minimum atomic E-state index is -0.150. The topological polar surface area (TPSA) is 58.7 Å². The molecule has 1 saturated heterocycles. The second-order valence-electron chi connectivity index (χ2n) is 8.06. The number of para-hydroxylation sites is 1. The Kier molecular flexibility index (Phi) is 4.40. The SMILES string of the molecule is Cn1cc(/C=C2/Oc3c(ccc([O-])c3C[NH+]3CCCCC3)C2=O)c2ccccc21. The van der Waals surface area contributed by atoms with E-state index in [1.54, 1.807) is 12.1 Å². The molecule has 1 aromatic heterocycles. The molecule has 0 atom stereocenters. The number of quaternary nitrogens is 1. The second-order valence-corrected chi connectivity index (χ2v) is 8.06. The molecule has 2 aromatic carbocycles. The largest absolute Gasteiger partial charge is 0.872 e. The monoisotopic (exact) mass is 388 g/mol. The molecule has 2 aliphatic rings. The third-order valence-corrected chi connectivity index (χ3v) is 6.10. The minimum absolute atomic E-state index is 0.0407. The van der Waals surface area contributed by atoms with E-state index in [0.717, 1.165) is 29.6 Å². The Morgan fingerprint density at radius 1 is 1.14 bits per heavy atom. The third kappa shape index (κ3) is 3.12. The maximum Gasteiger partial charge on any atom is 0.231 e. The second kappa shape index (κ2) is 7.08. The number of carbonyl (C=O) groups is 1. The van der Waals surface area contributed by atoms with Crippen LogP contribution in [0.2, 0.25) is 0 Å². The van der Waals surface area contributed by atoms with Crippen LogP contribution in [0.25, 0.3) is 17.0 Å². The maximum atomic E-state index is 13.0. The van der Waals surface area contributed by atoms with Gasteiger partial charge >= 0.3 is 0 Å². The number of carbonyl (C=O) groups excluding carboxylic acids is 1. The first kappa shape index (κ1) is 18.0. The fourth-order valence-corrected chi connectivity index (χ4v) is 4.56. The summed E-state index contributed by atoms with van der Waals surface area (Å²) in [6.45, 7) is 2.75. The summed E-state index contributed by atoms with van der Waals surface area (Å²) >= 11 is 0. The van der Waals surface area contributed by atoms with E-state index in [-0.39, 0.29) is 17.3 Å². The van der Waals surface area contributed by atoms with Crippen molar-refractivity contribution in [1.29, 1.82) is 0 Å². The molecule has 5 nitrogen and oxygen atoms in total. The van der Waals surface area contributed by atoms with Crippen LogP contribution in [-0.2, 0) is 13.6 Å². The van der Waals surface area contributed by atoms with Gasteiger partial charge in [-0.15, -0.1) is 0 Å². The van der Waals surface area contributed by atoms with Crippen molar-refractivity contribution in [2.45, 2.75) is 25.8 Å². The first-order chi connectivity index (χ1) is 14.1. The number of likely N-dealkylation sites (tertiary alicyclic amines) is 1. The van der Waals surface area contributed by atoms with Gasteiger partial charge in [-0.25, -0.2) is 0 Å². The number of hydrogen-bond acceptors (Lipinski definition) is 3. The molecule has 1 fully saturated rings. The molecule has 5 rings (SSSR count). The zero-order valence-electron chi connectivity index (χ0n) is 16.5. The van der Waals surface area contributed by atoms with E-state index in [1.165, 1.54) is 30.2 Å². The van der Waals surface area contributed by atoms with Crippen LogP contribution in [0.3, 0.4) is 0 Å². The number of Topliss-reactive ketones (excluding diaryl/α,β-unsaturated/α-hetero) is 1. The molecule has 2 aliphatic heterocycles. The van der Waals surface area contributed by atoms with Crippen molar-refractivity contribution in [2.24, 2.45) is 7.05 Å². The first-order valence-electron chi connectivity index (χ1n) is 10.3. The average Bonchev–Trinajstić information content (AvgIpc) is 3.23. The van der Waals surface area contributed by atoms with Crippen molar-refractivity contribution in [1.82, 2.24) is 4.57 Å². The molecule has 0 spiro atoms. The van der Waals surface area contributed by atoms with Crippen molar-refractivity contribution < 1.29 is 19.5 Å². The molecule has 1 N–H and O–H groups in total. The summed E-state index contributed by atoms with van der Waals surface area (Å²) in [5.74, 6) is 0.563. The lowest BCUT2D eigenvalue weighted by molar-refractivity contribution is -0.918. The molecule has 0 aliphatic carbocycles. The highest BCUT2D eigenvalue weighted by molar-refractivity contribution is 6.15. The normalized spacial score (nSPS) is 18.4. The summed E-state index contributed by atoms with van der Waals surface area (Å²) in [4.78, 5) is 14.4. The Hall–Kier alpha value is -3.05. The molecule has 0 bridgehead atoms. The van der Waals surface area contributed by atoms with E-state index in [4.69, 9.17) is 4.74 Å². The van der Waals surface area contributed by atoms with Gasteiger partial charge in [-0.3, -0.25) is 4.79 Å². The number of rotatable bonds is 3. The average molecular weight is 388 g/mol. The number of nitrogens with one attached hydrogen (secondary N) is 1. The van der Waals surface area contributed by atoms with Crippen LogP contribution in [0, 0.1) is 0 Å². The minimum Gasteiger partial charge on any atom is -0.872 e.